The van der Waals surface area contributed by atoms with Gasteiger partial charge in [0.1, 0.15) is 11.6 Å². The second-order valence-corrected chi connectivity index (χ2v) is 8.14. The fourth-order valence-electron chi connectivity index (χ4n) is 3.59. The molecular weight excluding hydrogens is 423 g/mol. The Morgan fingerprint density at radius 2 is 1.76 bits per heavy atom. The zero-order valence-corrected chi connectivity index (χ0v) is 19.0. The zero-order chi connectivity index (χ0) is 24.0. The van der Waals surface area contributed by atoms with Crippen LogP contribution < -0.4 is 0 Å². The molecule has 0 bridgehead atoms. The molecule has 0 aliphatic rings. The number of halogens is 1. The van der Waals surface area contributed by atoms with Crippen LogP contribution in [0.3, 0.4) is 0 Å². The third kappa shape index (κ3) is 6.15. The number of hydrogen-bond donors (Lipinski definition) is 2. The Morgan fingerprint density at radius 3 is 2.36 bits per heavy atom. The summed E-state index contributed by atoms with van der Waals surface area (Å²) in [5.74, 6) is -0.0251. The van der Waals surface area contributed by atoms with Crippen molar-refractivity contribution in [1.82, 2.24) is 9.55 Å². The topological polar surface area (TPSA) is 84.6 Å². The highest BCUT2D eigenvalue weighted by Gasteiger charge is 2.21. The van der Waals surface area contributed by atoms with Gasteiger partial charge in [0.05, 0.1) is 37.1 Å². The molecule has 0 aliphatic heterocycles. The van der Waals surface area contributed by atoms with E-state index in [0.717, 1.165) is 22.6 Å². The van der Waals surface area contributed by atoms with Gasteiger partial charge in [-0.2, -0.15) is 0 Å². The van der Waals surface area contributed by atoms with Gasteiger partial charge in [-0.05, 0) is 30.3 Å². The Morgan fingerprint density at radius 1 is 1.09 bits per heavy atom. The van der Waals surface area contributed by atoms with Crippen LogP contribution in [0.1, 0.15) is 38.4 Å². The molecule has 174 valence electrons. The molecule has 1 aromatic heterocycles. The van der Waals surface area contributed by atoms with Gasteiger partial charge < -0.3 is 19.5 Å². The van der Waals surface area contributed by atoms with Crippen LogP contribution in [0.4, 0.5) is 4.39 Å². The fourth-order valence-corrected chi connectivity index (χ4v) is 3.59. The van der Waals surface area contributed by atoms with Crippen LogP contribution in [0, 0.1) is 5.82 Å². The van der Waals surface area contributed by atoms with Gasteiger partial charge in [-0.15, -0.1) is 0 Å². The Balaban J connectivity index is 2.03. The van der Waals surface area contributed by atoms with Crippen LogP contribution in [0.15, 0.2) is 60.7 Å². The lowest BCUT2D eigenvalue weighted by molar-refractivity contribution is -0.143. The predicted octanol–water partition coefficient (Wildman–Crippen LogP) is 4.63. The first-order valence-electron chi connectivity index (χ1n) is 10.8. The molecule has 2 unspecified atom stereocenters. The van der Waals surface area contributed by atoms with Crippen LogP contribution in [-0.4, -0.2) is 45.1 Å². The maximum absolute atomic E-state index is 13.5. The van der Waals surface area contributed by atoms with E-state index in [2.05, 4.69) is 4.74 Å². The molecule has 7 heteroatoms. The summed E-state index contributed by atoms with van der Waals surface area (Å²) in [6.45, 7) is 4.04. The smallest absolute Gasteiger partial charge is 0.308 e. The molecule has 33 heavy (non-hydrogen) atoms. The normalized spacial score (nSPS) is 13.4. The van der Waals surface area contributed by atoms with Crippen molar-refractivity contribution in [3.05, 3.63) is 72.3 Å². The number of aliphatic hydroxyl groups excluding tert-OH is 2. The zero-order valence-electron chi connectivity index (χ0n) is 19.0. The van der Waals surface area contributed by atoms with Crippen LogP contribution in [0.25, 0.3) is 28.7 Å². The third-order valence-electron chi connectivity index (χ3n) is 5.22. The van der Waals surface area contributed by atoms with Gasteiger partial charge in [-0.25, -0.2) is 9.37 Å². The number of carbonyl (C=O) groups excluding carboxylic acids is 1. The summed E-state index contributed by atoms with van der Waals surface area (Å²) in [6, 6.07) is 15.9. The fraction of sp³-hybridized carbons (Fsp3) is 0.308. The van der Waals surface area contributed by atoms with Gasteiger partial charge in [0.25, 0.3) is 0 Å². The highest BCUT2D eigenvalue weighted by molar-refractivity contribution is 5.80. The number of imidazole rings is 1. The van der Waals surface area contributed by atoms with Crippen molar-refractivity contribution in [2.45, 2.75) is 44.8 Å². The van der Waals surface area contributed by atoms with E-state index in [1.165, 1.54) is 19.2 Å². The lowest BCUT2D eigenvalue weighted by Gasteiger charge is -2.14. The molecule has 0 amide bonds. The van der Waals surface area contributed by atoms with Gasteiger partial charge in [-0.1, -0.05) is 44.2 Å². The van der Waals surface area contributed by atoms with Crippen molar-refractivity contribution in [3.63, 3.8) is 0 Å². The second kappa shape index (κ2) is 11.0. The van der Waals surface area contributed by atoms with Crippen molar-refractivity contribution in [3.8, 4) is 22.5 Å². The van der Waals surface area contributed by atoms with Gasteiger partial charge >= 0.3 is 5.97 Å². The van der Waals surface area contributed by atoms with E-state index in [-0.39, 0.29) is 24.6 Å². The number of carbonyl (C=O) groups is 1. The summed E-state index contributed by atoms with van der Waals surface area (Å²) in [6.07, 6.45) is 1.09. The van der Waals surface area contributed by atoms with Gasteiger partial charge in [-0.3, -0.25) is 4.79 Å². The summed E-state index contributed by atoms with van der Waals surface area (Å²) >= 11 is 0. The van der Waals surface area contributed by atoms with Gasteiger partial charge in [0, 0.05) is 29.7 Å². The standard InChI is InChI=1S/C26H29FN2O4/c1-17(2)26-28-24(18-9-11-20(27)12-10-18)25(19-7-5-4-6-8-19)29(26)14-13-21(30)15-22(31)16-23(32)33-3/h4-14,17,21-22,30-31H,15-16H2,1-3H3/b14-13+. The van der Waals surface area contributed by atoms with Crippen molar-refractivity contribution >= 4 is 12.2 Å². The molecule has 2 atom stereocenters. The summed E-state index contributed by atoms with van der Waals surface area (Å²) in [5.41, 5.74) is 3.21. The second-order valence-electron chi connectivity index (χ2n) is 8.14. The highest BCUT2D eigenvalue weighted by Crippen LogP contribution is 2.35. The van der Waals surface area contributed by atoms with E-state index >= 15 is 0 Å². The van der Waals surface area contributed by atoms with E-state index in [9.17, 15) is 19.4 Å². The highest BCUT2D eigenvalue weighted by atomic mass is 19.1. The van der Waals surface area contributed by atoms with E-state index in [0.29, 0.717) is 5.69 Å². The molecule has 0 fully saturated rings. The van der Waals surface area contributed by atoms with Crippen LogP contribution in [0.2, 0.25) is 0 Å². The third-order valence-corrected chi connectivity index (χ3v) is 5.22. The molecule has 3 aromatic rings. The average Bonchev–Trinajstić information content (AvgIpc) is 3.18. The summed E-state index contributed by atoms with van der Waals surface area (Å²) in [5, 5.41) is 20.5. The molecule has 3 rings (SSSR count). The van der Waals surface area contributed by atoms with Gasteiger partial charge in [0.15, 0.2) is 0 Å². The Kier molecular flexibility index (Phi) is 8.14. The molecule has 6 nitrogen and oxygen atoms in total. The maximum Gasteiger partial charge on any atom is 0.308 e. The number of benzene rings is 2. The van der Waals surface area contributed by atoms with E-state index in [1.807, 2.05) is 48.7 Å². The van der Waals surface area contributed by atoms with Crippen molar-refractivity contribution in [1.29, 1.82) is 0 Å². The van der Waals surface area contributed by atoms with E-state index in [1.54, 1.807) is 24.4 Å². The van der Waals surface area contributed by atoms with Gasteiger partial charge in [0.2, 0.25) is 0 Å². The molecule has 0 saturated heterocycles. The number of hydrogen-bond acceptors (Lipinski definition) is 5. The molecule has 0 aliphatic carbocycles. The molecule has 0 saturated carbocycles. The van der Waals surface area contributed by atoms with Crippen molar-refractivity contribution in [2.75, 3.05) is 7.11 Å². The molecule has 2 aromatic carbocycles. The Bertz CT molecular complexity index is 1090. The summed E-state index contributed by atoms with van der Waals surface area (Å²) in [7, 11) is 1.25. The summed E-state index contributed by atoms with van der Waals surface area (Å²) in [4.78, 5) is 16.2. The minimum Gasteiger partial charge on any atom is -0.469 e. The molecule has 0 radical (unpaired) electrons. The summed E-state index contributed by atoms with van der Waals surface area (Å²) < 4.78 is 20.0. The number of esters is 1. The number of methoxy groups -OCH3 is 1. The number of aliphatic hydroxyl groups is 2. The van der Waals surface area contributed by atoms with Crippen molar-refractivity contribution < 1.29 is 24.1 Å². The lowest BCUT2D eigenvalue weighted by Crippen LogP contribution is -2.20. The Labute approximate surface area is 193 Å². The van der Waals surface area contributed by atoms with E-state index in [4.69, 9.17) is 4.98 Å². The number of rotatable bonds is 9. The number of nitrogens with zero attached hydrogens (tertiary/aromatic N) is 2. The minimum atomic E-state index is -1.02. The average molecular weight is 453 g/mol. The van der Waals surface area contributed by atoms with E-state index < -0.39 is 18.2 Å². The molecular formula is C26H29FN2O4. The first-order chi connectivity index (χ1) is 15.8. The SMILES string of the molecule is COC(=O)CC(O)CC(O)/C=C/n1c(C(C)C)nc(-c2ccc(F)cc2)c1-c1ccccc1. The Hall–Kier alpha value is -3.29. The monoisotopic (exact) mass is 452 g/mol. The number of aromatic nitrogens is 2. The maximum atomic E-state index is 13.5. The molecule has 2 N–H and O–H groups in total. The van der Waals surface area contributed by atoms with Crippen LogP contribution >= 0.6 is 0 Å². The first kappa shape index (κ1) is 24.4. The quantitative estimate of drug-likeness (QED) is 0.463. The minimum absolute atomic E-state index is 0.0111. The largest absolute Gasteiger partial charge is 0.469 e. The van der Waals surface area contributed by atoms with Crippen LogP contribution in [-0.2, 0) is 9.53 Å². The lowest BCUT2D eigenvalue weighted by atomic mass is 10.0. The van der Waals surface area contributed by atoms with Crippen LogP contribution in [0.5, 0.6) is 0 Å². The predicted molar refractivity (Wildman–Crippen MR) is 126 cm³/mol. The number of ether oxygens (including phenoxy) is 1. The van der Waals surface area contributed by atoms with Crippen molar-refractivity contribution in [2.24, 2.45) is 0 Å². The molecule has 1 heterocycles. The molecule has 0 spiro atoms. The first-order valence-corrected chi connectivity index (χ1v) is 10.8.